The van der Waals surface area contributed by atoms with E-state index in [1.54, 1.807) is 7.11 Å². The van der Waals surface area contributed by atoms with Gasteiger partial charge in [0.2, 0.25) is 0 Å². The van der Waals surface area contributed by atoms with Gasteiger partial charge in [-0.2, -0.15) is 0 Å². The minimum atomic E-state index is -0.483. The van der Waals surface area contributed by atoms with E-state index in [1.807, 2.05) is 39.8 Å². The molecule has 0 atom stereocenters. The van der Waals surface area contributed by atoms with Crippen LogP contribution in [-0.4, -0.2) is 31.9 Å². The van der Waals surface area contributed by atoms with E-state index in [2.05, 4.69) is 26.6 Å². The van der Waals surface area contributed by atoms with Gasteiger partial charge in [-0.05, 0) is 45.4 Å². The molecule has 1 aromatic rings. The molecule has 2 N–H and O–H groups in total. The van der Waals surface area contributed by atoms with Crippen LogP contribution < -0.4 is 15.4 Å². The monoisotopic (exact) mass is 358 g/mol. The maximum atomic E-state index is 11.5. The number of benzene rings is 1. The molecule has 0 aliphatic rings. The van der Waals surface area contributed by atoms with Crippen LogP contribution in [0.2, 0.25) is 0 Å². The molecule has 0 aliphatic carbocycles. The molecule has 1 aromatic carbocycles. The first-order valence-electron chi connectivity index (χ1n) is 6.78. The molecule has 0 heterocycles. The summed E-state index contributed by atoms with van der Waals surface area (Å²) < 4.78 is 11.5. The Bertz CT molecular complexity index is 498. The van der Waals surface area contributed by atoms with Gasteiger partial charge in [0.05, 0.1) is 12.8 Å². The van der Waals surface area contributed by atoms with Crippen molar-refractivity contribution in [2.45, 2.75) is 33.3 Å². The highest BCUT2D eigenvalue weighted by atomic mass is 79.9. The standard InChI is InChI=1S/C15H23BrN2O3/c1-10-8-11(16)9-12(20-5)13(10)17-6-7-18-14(19)21-15(2,3)4/h8-9,17H,6-7H2,1-5H3,(H,18,19). The third kappa shape index (κ3) is 6.25. The van der Waals surface area contributed by atoms with Gasteiger partial charge in [-0.1, -0.05) is 15.9 Å². The number of hydrogen-bond acceptors (Lipinski definition) is 4. The number of ether oxygens (including phenoxy) is 2. The van der Waals surface area contributed by atoms with Crippen molar-refractivity contribution in [1.29, 1.82) is 0 Å². The number of carbonyl (C=O) groups excluding carboxylic acids is 1. The van der Waals surface area contributed by atoms with E-state index in [1.165, 1.54) is 0 Å². The fourth-order valence-corrected chi connectivity index (χ4v) is 2.32. The second kappa shape index (κ2) is 7.54. The lowest BCUT2D eigenvalue weighted by molar-refractivity contribution is 0.0530. The molecule has 0 bridgehead atoms. The molecule has 0 unspecified atom stereocenters. The molecule has 5 nitrogen and oxygen atoms in total. The van der Waals surface area contributed by atoms with Crippen molar-refractivity contribution in [3.05, 3.63) is 22.2 Å². The Balaban J connectivity index is 2.48. The normalized spacial score (nSPS) is 11.0. The molecule has 0 aliphatic heterocycles. The quantitative estimate of drug-likeness (QED) is 0.787. The zero-order valence-corrected chi connectivity index (χ0v) is 14.8. The first-order valence-corrected chi connectivity index (χ1v) is 7.57. The summed E-state index contributed by atoms with van der Waals surface area (Å²) in [4.78, 5) is 11.5. The fourth-order valence-electron chi connectivity index (χ4n) is 1.77. The summed E-state index contributed by atoms with van der Waals surface area (Å²) in [6.45, 7) is 8.55. The van der Waals surface area contributed by atoms with Crippen molar-refractivity contribution in [2.75, 3.05) is 25.5 Å². The molecule has 118 valence electrons. The first kappa shape index (κ1) is 17.6. The van der Waals surface area contributed by atoms with Crippen molar-refractivity contribution < 1.29 is 14.3 Å². The lowest BCUT2D eigenvalue weighted by Gasteiger charge is -2.20. The number of rotatable bonds is 5. The summed E-state index contributed by atoms with van der Waals surface area (Å²) in [5.41, 5.74) is 1.51. The summed E-state index contributed by atoms with van der Waals surface area (Å²) in [5.74, 6) is 0.763. The Hall–Kier alpha value is -1.43. The average molecular weight is 359 g/mol. The maximum absolute atomic E-state index is 11.5. The number of nitrogens with one attached hydrogen (secondary N) is 2. The van der Waals surface area contributed by atoms with Crippen LogP contribution in [0.25, 0.3) is 0 Å². The third-order valence-corrected chi connectivity index (χ3v) is 3.04. The van der Waals surface area contributed by atoms with Crippen LogP contribution in [0.3, 0.4) is 0 Å². The SMILES string of the molecule is COc1cc(Br)cc(C)c1NCCNC(=O)OC(C)(C)C. The summed E-state index contributed by atoms with van der Waals surface area (Å²) in [6.07, 6.45) is -0.413. The smallest absolute Gasteiger partial charge is 0.407 e. The number of aryl methyl sites for hydroxylation is 1. The van der Waals surface area contributed by atoms with Crippen LogP contribution in [0.4, 0.5) is 10.5 Å². The van der Waals surface area contributed by atoms with Crippen LogP contribution in [0.15, 0.2) is 16.6 Å². The Morgan fingerprint density at radius 3 is 2.52 bits per heavy atom. The van der Waals surface area contributed by atoms with Crippen LogP contribution in [0.1, 0.15) is 26.3 Å². The van der Waals surface area contributed by atoms with Crippen LogP contribution >= 0.6 is 15.9 Å². The van der Waals surface area contributed by atoms with Crippen LogP contribution in [0, 0.1) is 6.92 Å². The van der Waals surface area contributed by atoms with Crippen molar-refractivity contribution in [1.82, 2.24) is 5.32 Å². The van der Waals surface area contributed by atoms with E-state index >= 15 is 0 Å². The lowest BCUT2D eigenvalue weighted by Crippen LogP contribution is -2.35. The Kier molecular flexibility index (Phi) is 6.33. The highest BCUT2D eigenvalue weighted by Gasteiger charge is 2.15. The summed E-state index contributed by atoms with van der Waals surface area (Å²) in [5, 5.41) is 5.97. The number of methoxy groups -OCH3 is 1. The van der Waals surface area contributed by atoms with Gasteiger partial charge in [-0.25, -0.2) is 4.79 Å². The van der Waals surface area contributed by atoms with Crippen molar-refractivity contribution >= 4 is 27.7 Å². The molecule has 6 heteroatoms. The minimum absolute atomic E-state index is 0.413. The minimum Gasteiger partial charge on any atom is -0.495 e. The molecule has 0 aromatic heterocycles. The lowest BCUT2D eigenvalue weighted by atomic mass is 10.2. The molecule has 0 spiro atoms. The molecule has 0 fully saturated rings. The largest absolute Gasteiger partial charge is 0.495 e. The fraction of sp³-hybridized carbons (Fsp3) is 0.533. The van der Waals surface area contributed by atoms with Crippen molar-refractivity contribution in [3.8, 4) is 5.75 Å². The Morgan fingerprint density at radius 1 is 1.29 bits per heavy atom. The van der Waals surface area contributed by atoms with E-state index in [-0.39, 0.29) is 0 Å². The van der Waals surface area contributed by atoms with Crippen LogP contribution in [0.5, 0.6) is 5.75 Å². The number of anilines is 1. The van der Waals surface area contributed by atoms with Gasteiger partial charge in [0.1, 0.15) is 11.4 Å². The molecule has 1 rings (SSSR count). The molecule has 0 saturated carbocycles. The molecule has 0 radical (unpaired) electrons. The number of hydrogen-bond donors (Lipinski definition) is 2. The summed E-state index contributed by atoms with van der Waals surface area (Å²) >= 11 is 3.44. The summed E-state index contributed by atoms with van der Waals surface area (Å²) in [6, 6.07) is 3.91. The van der Waals surface area contributed by atoms with Crippen LogP contribution in [-0.2, 0) is 4.74 Å². The van der Waals surface area contributed by atoms with E-state index in [0.717, 1.165) is 21.5 Å². The van der Waals surface area contributed by atoms with Gasteiger partial charge < -0.3 is 20.1 Å². The molecular formula is C15H23BrN2O3. The highest BCUT2D eigenvalue weighted by Crippen LogP contribution is 2.31. The number of carbonyl (C=O) groups is 1. The van der Waals surface area contributed by atoms with Gasteiger partial charge in [0, 0.05) is 17.6 Å². The predicted molar refractivity (Wildman–Crippen MR) is 88.2 cm³/mol. The van der Waals surface area contributed by atoms with Crippen molar-refractivity contribution in [3.63, 3.8) is 0 Å². The van der Waals surface area contributed by atoms with Crippen molar-refractivity contribution in [2.24, 2.45) is 0 Å². The van der Waals surface area contributed by atoms with Gasteiger partial charge in [0.15, 0.2) is 0 Å². The number of amides is 1. The van der Waals surface area contributed by atoms with Gasteiger partial charge >= 0.3 is 6.09 Å². The number of halogens is 1. The molecule has 21 heavy (non-hydrogen) atoms. The van der Waals surface area contributed by atoms with E-state index < -0.39 is 11.7 Å². The van der Waals surface area contributed by atoms with Gasteiger partial charge in [-0.3, -0.25) is 0 Å². The maximum Gasteiger partial charge on any atom is 0.407 e. The Morgan fingerprint density at radius 2 is 1.95 bits per heavy atom. The molecular weight excluding hydrogens is 336 g/mol. The molecule has 1 amide bonds. The Labute approximate surface area is 134 Å². The second-order valence-corrected chi connectivity index (χ2v) is 6.57. The van der Waals surface area contributed by atoms with E-state index in [4.69, 9.17) is 9.47 Å². The van der Waals surface area contributed by atoms with E-state index in [0.29, 0.717) is 13.1 Å². The highest BCUT2D eigenvalue weighted by molar-refractivity contribution is 9.10. The zero-order chi connectivity index (χ0) is 16.0. The topological polar surface area (TPSA) is 59.6 Å². The third-order valence-electron chi connectivity index (χ3n) is 2.58. The number of alkyl carbamates (subject to hydrolysis) is 1. The zero-order valence-electron chi connectivity index (χ0n) is 13.2. The predicted octanol–water partition coefficient (Wildman–Crippen LogP) is 3.70. The average Bonchev–Trinajstić information content (AvgIpc) is 2.33. The first-order chi connectivity index (χ1) is 9.73. The van der Waals surface area contributed by atoms with E-state index in [9.17, 15) is 4.79 Å². The second-order valence-electron chi connectivity index (χ2n) is 5.66. The molecule has 0 saturated heterocycles. The van der Waals surface area contributed by atoms with Gasteiger partial charge in [-0.15, -0.1) is 0 Å². The summed E-state index contributed by atoms with van der Waals surface area (Å²) in [7, 11) is 1.63. The van der Waals surface area contributed by atoms with Gasteiger partial charge in [0.25, 0.3) is 0 Å².